The molecular weight excluding hydrogens is 379 g/mol. The molecule has 3 aromatic rings. The summed E-state index contributed by atoms with van der Waals surface area (Å²) in [5.74, 6) is -0.309. The van der Waals surface area contributed by atoms with Crippen molar-refractivity contribution in [2.75, 3.05) is 5.32 Å². The van der Waals surface area contributed by atoms with Crippen molar-refractivity contribution in [2.24, 2.45) is 0 Å². The van der Waals surface area contributed by atoms with Crippen LogP contribution in [0.2, 0.25) is 10.0 Å². The number of fused-ring (bicyclic) bond motifs is 1. The van der Waals surface area contributed by atoms with Gasteiger partial charge < -0.3 is 5.32 Å². The van der Waals surface area contributed by atoms with Crippen molar-refractivity contribution in [2.45, 2.75) is 0 Å². The van der Waals surface area contributed by atoms with Crippen LogP contribution in [0.3, 0.4) is 0 Å². The lowest BCUT2D eigenvalue weighted by molar-refractivity contribution is 0.102. The molecule has 0 radical (unpaired) electrons. The summed E-state index contributed by atoms with van der Waals surface area (Å²) in [4.78, 5) is 12.3. The third kappa shape index (κ3) is 2.88. The summed E-state index contributed by atoms with van der Waals surface area (Å²) in [6.45, 7) is 0. The molecule has 0 saturated heterocycles. The van der Waals surface area contributed by atoms with Crippen molar-refractivity contribution in [3.05, 3.63) is 56.9 Å². The van der Waals surface area contributed by atoms with Crippen LogP contribution < -0.4 is 5.32 Å². The lowest BCUT2D eigenvalue weighted by atomic mass is 10.2. The number of hydrogen-bond donors (Lipinski definition) is 1. The summed E-state index contributed by atoms with van der Waals surface area (Å²) in [7, 11) is 0. The number of benzene rings is 1. The minimum absolute atomic E-state index is 0.309. The number of hydrogen-bond acceptors (Lipinski definition) is 3. The Labute approximate surface area is 138 Å². The molecule has 0 fully saturated rings. The summed E-state index contributed by atoms with van der Waals surface area (Å²) in [6.07, 6.45) is 3.35. The molecule has 5 nitrogen and oxygen atoms in total. The zero-order chi connectivity index (χ0) is 15.0. The van der Waals surface area contributed by atoms with E-state index < -0.39 is 0 Å². The van der Waals surface area contributed by atoms with Gasteiger partial charge in [0.25, 0.3) is 5.91 Å². The Morgan fingerprint density at radius 1 is 1.24 bits per heavy atom. The fourth-order valence-electron chi connectivity index (χ4n) is 1.83. The summed E-state index contributed by atoms with van der Waals surface area (Å²) in [5.41, 5.74) is 1.49. The van der Waals surface area contributed by atoms with E-state index >= 15 is 0 Å². The average molecular weight is 386 g/mol. The smallest absolute Gasteiger partial charge is 0.255 e. The highest BCUT2D eigenvalue weighted by atomic mass is 79.9. The van der Waals surface area contributed by atoms with Crippen LogP contribution in [0.1, 0.15) is 10.4 Å². The fourth-order valence-corrected chi connectivity index (χ4v) is 2.57. The molecule has 2 aromatic heterocycles. The van der Waals surface area contributed by atoms with E-state index in [1.54, 1.807) is 35.1 Å². The number of anilines is 1. The maximum absolute atomic E-state index is 12.3. The number of halogens is 3. The Bertz CT molecular complexity index is 849. The van der Waals surface area contributed by atoms with Crippen LogP contribution in [0.25, 0.3) is 5.65 Å². The van der Waals surface area contributed by atoms with Crippen molar-refractivity contribution in [3.63, 3.8) is 0 Å². The molecule has 106 valence electrons. The Kier molecular flexibility index (Phi) is 3.84. The molecule has 1 amide bonds. The van der Waals surface area contributed by atoms with Gasteiger partial charge in [0, 0.05) is 16.2 Å². The van der Waals surface area contributed by atoms with E-state index in [1.807, 2.05) is 0 Å². The number of rotatable bonds is 2. The number of aromatic nitrogens is 3. The van der Waals surface area contributed by atoms with Gasteiger partial charge in [-0.25, -0.2) is 0 Å². The molecule has 3 rings (SSSR count). The zero-order valence-corrected chi connectivity index (χ0v) is 13.4. The van der Waals surface area contributed by atoms with Gasteiger partial charge in [0.2, 0.25) is 0 Å². The van der Waals surface area contributed by atoms with Gasteiger partial charge in [-0.05, 0) is 40.2 Å². The Morgan fingerprint density at radius 2 is 2.05 bits per heavy atom. The van der Waals surface area contributed by atoms with Crippen LogP contribution in [0.15, 0.2) is 41.3 Å². The van der Waals surface area contributed by atoms with E-state index in [4.69, 9.17) is 23.2 Å². The molecule has 0 bridgehead atoms. The average Bonchev–Trinajstić information content (AvgIpc) is 2.90. The third-order valence-corrected chi connectivity index (χ3v) is 3.96. The summed E-state index contributed by atoms with van der Waals surface area (Å²) >= 11 is 15.1. The first-order valence-electron chi connectivity index (χ1n) is 5.80. The molecule has 0 aliphatic rings. The minimum Gasteiger partial charge on any atom is -0.319 e. The van der Waals surface area contributed by atoms with Gasteiger partial charge in [-0.1, -0.05) is 23.2 Å². The molecule has 0 aliphatic carbocycles. The molecule has 8 heteroatoms. The lowest BCUT2D eigenvalue weighted by Gasteiger charge is -2.07. The normalized spacial score (nSPS) is 10.8. The number of pyridine rings is 1. The van der Waals surface area contributed by atoms with Crippen LogP contribution in [-0.2, 0) is 0 Å². The van der Waals surface area contributed by atoms with Gasteiger partial charge in [-0.3, -0.25) is 9.20 Å². The summed E-state index contributed by atoms with van der Waals surface area (Å²) in [5, 5.41) is 11.3. The summed E-state index contributed by atoms with van der Waals surface area (Å²) < 4.78 is 2.49. The van der Waals surface area contributed by atoms with Gasteiger partial charge in [0.1, 0.15) is 6.33 Å². The first-order valence-corrected chi connectivity index (χ1v) is 7.35. The van der Waals surface area contributed by atoms with E-state index in [-0.39, 0.29) is 5.91 Å². The number of carbonyl (C=O) groups is 1. The van der Waals surface area contributed by atoms with Crippen LogP contribution in [0.4, 0.5) is 5.69 Å². The highest BCUT2D eigenvalue weighted by molar-refractivity contribution is 9.10. The zero-order valence-electron chi connectivity index (χ0n) is 10.3. The van der Waals surface area contributed by atoms with Crippen LogP contribution >= 0.6 is 39.1 Å². The van der Waals surface area contributed by atoms with Crippen molar-refractivity contribution in [1.82, 2.24) is 14.6 Å². The fraction of sp³-hybridized carbons (Fsp3) is 0. The molecule has 0 spiro atoms. The van der Waals surface area contributed by atoms with Crippen molar-refractivity contribution in [3.8, 4) is 0 Å². The highest BCUT2D eigenvalue weighted by Gasteiger charge is 2.12. The van der Waals surface area contributed by atoms with Gasteiger partial charge in [-0.15, -0.1) is 10.2 Å². The number of nitrogens with zero attached hydrogens (tertiary/aromatic N) is 3. The predicted molar refractivity (Wildman–Crippen MR) is 85.1 cm³/mol. The first kappa shape index (κ1) is 14.3. The first-order chi connectivity index (χ1) is 10.0. The molecule has 0 aliphatic heterocycles. The summed E-state index contributed by atoms with van der Waals surface area (Å²) in [6, 6.07) is 6.44. The van der Waals surface area contributed by atoms with E-state index in [9.17, 15) is 4.79 Å². The second-order valence-corrected chi connectivity index (χ2v) is 5.95. The van der Waals surface area contributed by atoms with E-state index in [0.29, 0.717) is 26.9 Å². The quantitative estimate of drug-likeness (QED) is 0.723. The van der Waals surface area contributed by atoms with Crippen molar-refractivity contribution >= 4 is 56.4 Å². The molecular formula is C13H7BrCl2N4O. The minimum atomic E-state index is -0.309. The SMILES string of the molecule is O=C(Nc1cc(Br)cn2cnnc12)c1ccc(Cl)c(Cl)c1. The molecule has 0 saturated carbocycles. The number of amides is 1. The van der Waals surface area contributed by atoms with Gasteiger partial charge in [-0.2, -0.15) is 0 Å². The third-order valence-electron chi connectivity index (χ3n) is 2.79. The van der Waals surface area contributed by atoms with Crippen molar-refractivity contribution in [1.29, 1.82) is 0 Å². The molecule has 2 heterocycles. The van der Waals surface area contributed by atoms with Crippen LogP contribution in [0, 0.1) is 0 Å². The van der Waals surface area contributed by atoms with E-state index in [1.165, 1.54) is 6.07 Å². The Hall–Kier alpha value is -1.63. The van der Waals surface area contributed by atoms with E-state index in [0.717, 1.165) is 4.47 Å². The van der Waals surface area contributed by atoms with Gasteiger partial charge in [0.05, 0.1) is 15.7 Å². The standard InChI is InChI=1S/C13H7BrCl2N4O/c14-8-4-11(12-19-17-6-20(12)5-8)18-13(21)7-1-2-9(15)10(16)3-7/h1-6H,(H,18,21). The second kappa shape index (κ2) is 5.63. The monoisotopic (exact) mass is 384 g/mol. The van der Waals surface area contributed by atoms with Gasteiger partial charge >= 0.3 is 0 Å². The van der Waals surface area contributed by atoms with Crippen LogP contribution in [0.5, 0.6) is 0 Å². The molecule has 1 aromatic carbocycles. The topological polar surface area (TPSA) is 59.3 Å². The maximum atomic E-state index is 12.3. The largest absolute Gasteiger partial charge is 0.319 e. The van der Waals surface area contributed by atoms with Crippen LogP contribution in [-0.4, -0.2) is 20.5 Å². The number of nitrogens with one attached hydrogen (secondary N) is 1. The molecule has 0 unspecified atom stereocenters. The lowest BCUT2D eigenvalue weighted by Crippen LogP contribution is -2.12. The van der Waals surface area contributed by atoms with Crippen molar-refractivity contribution < 1.29 is 4.79 Å². The highest BCUT2D eigenvalue weighted by Crippen LogP contribution is 2.24. The molecule has 21 heavy (non-hydrogen) atoms. The molecule has 0 atom stereocenters. The Morgan fingerprint density at radius 3 is 2.81 bits per heavy atom. The second-order valence-electron chi connectivity index (χ2n) is 4.22. The number of carbonyl (C=O) groups excluding carboxylic acids is 1. The van der Waals surface area contributed by atoms with Gasteiger partial charge in [0.15, 0.2) is 5.65 Å². The van der Waals surface area contributed by atoms with E-state index in [2.05, 4.69) is 31.4 Å². The predicted octanol–water partition coefficient (Wildman–Crippen LogP) is 4.05. The molecule has 1 N–H and O–H groups in total. The maximum Gasteiger partial charge on any atom is 0.255 e. The Balaban J connectivity index is 1.96.